The third kappa shape index (κ3) is 4.30. The predicted octanol–water partition coefficient (Wildman–Crippen LogP) is 3.49. The van der Waals surface area contributed by atoms with Gasteiger partial charge in [0.25, 0.3) is 0 Å². The summed E-state index contributed by atoms with van der Waals surface area (Å²) in [4.78, 5) is 2.27. The number of rotatable bonds is 5. The van der Waals surface area contributed by atoms with Gasteiger partial charge in [-0.1, -0.05) is 23.7 Å². The Kier molecular flexibility index (Phi) is 5.44. The number of halogens is 1. The second-order valence-electron chi connectivity index (χ2n) is 4.96. The van der Waals surface area contributed by atoms with Gasteiger partial charge in [-0.25, -0.2) is 0 Å². The summed E-state index contributed by atoms with van der Waals surface area (Å²) in [5.74, 6) is 0. The molecule has 1 aromatic carbocycles. The van der Waals surface area contributed by atoms with Gasteiger partial charge in [0.1, 0.15) is 0 Å². The SMILES string of the molecule is CC(C)N(C[C@H](O)c1cccc(Cl)c1)C(C)C. The van der Waals surface area contributed by atoms with Crippen molar-refractivity contribution < 1.29 is 5.11 Å². The third-order valence-corrected chi connectivity index (χ3v) is 3.18. The second-order valence-corrected chi connectivity index (χ2v) is 5.39. The summed E-state index contributed by atoms with van der Waals surface area (Å²) in [6.45, 7) is 9.21. The molecule has 0 unspecified atom stereocenters. The van der Waals surface area contributed by atoms with Crippen LogP contribution in [0.4, 0.5) is 0 Å². The van der Waals surface area contributed by atoms with E-state index in [0.29, 0.717) is 23.7 Å². The van der Waals surface area contributed by atoms with E-state index < -0.39 is 6.10 Å². The molecule has 3 heteroatoms. The van der Waals surface area contributed by atoms with Gasteiger partial charge in [-0.3, -0.25) is 4.90 Å². The van der Waals surface area contributed by atoms with Crippen molar-refractivity contribution in [1.82, 2.24) is 4.90 Å². The molecule has 0 amide bonds. The Morgan fingerprint density at radius 2 is 1.76 bits per heavy atom. The van der Waals surface area contributed by atoms with Crippen molar-refractivity contribution in [3.05, 3.63) is 34.9 Å². The number of nitrogens with zero attached hydrogens (tertiary/aromatic N) is 1. The maximum atomic E-state index is 10.2. The van der Waals surface area contributed by atoms with E-state index in [2.05, 4.69) is 32.6 Å². The molecule has 0 aliphatic carbocycles. The molecular formula is C14H22ClNO. The van der Waals surface area contributed by atoms with Gasteiger partial charge in [0.15, 0.2) is 0 Å². The normalized spacial score (nSPS) is 13.7. The first-order valence-corrected chi connectivity index (χ1v) is 6.49. The summed E-state index contributed by atoms with van der Waals surface area (Å²) in [7, 11) is 0. The predicted molar refractivity (Wildman–Crippen MR) is 73.4 cm³/mol. The minimum Gasteiger partial charge on any atom is -0.387 e. The fourth-order valence-electron chi connectivity index (χ4n) is 2.04. The molecule has 0 fully saturated rings. The van der Waals surface area contributed by atoms with Crippen LogP contribution in [0.15, 0.2) is 24.3 Å². The van der Waals surface area contributed by atoms with Gasteiger partial charge in [-0.15, -0.1) is 0 Å². The first-order valence-electron chi connectivity index (χ1n) is 6.11. The van der Waals surface area contributed by atoms with Gasteiger partial charge >= 0.3 is 0 Å². The molecule has 2 nitrogen and oxygen atoms in total. The highest BCUT2D eigenvalue weighted by Gasteiger charge is 2.18. The molecule has 1 rings (SSSR count). The lowest BCUT2D eigenvalue weighted by molar-refractivity contribution is 0.0756. The zero-order chi connectivity index (χ0) is 13.0. The minimum atomic E-state index is -0.488. The maximum absolute atomic E-state index is 10.2. The van der Waals surface area contributed by atoms with E-state index in [1.807, 2.05) is 24.3 Å². The summed E-state index contributed by atoms with van der Waals surface area (Å²) in [6, 6.07) is 8.27. The molecule has 0 aliphatic rings. The molecule has 0 saturated carbocycles. The average Bonchev–Trinajstić information content (AvgIpc) is 2.24. The fraction of sp³-hybridized carbons (Fsp3) is 0.571. The summed E-state index contributed by atoms with van der Waals surface area (Å²) in [5.41, 5.74) is 0.879. The topological polar surface area (TPSA) is 23.5 Å². The van der Waals surface area contributed by atoms with Crippen molar-refractivity contribution in [3.63, 3.8) is 0 Å². The van der Waals surface area contributed by atoms with Crippen LogP contribution in [0.1, 0.15) is 39.4 Å². The Labute approximate surface area is 109 Å². The Hall–Kier alpha value is -0.570. The highest BCUT2D eigenvalue weighted by atomic mass is 35.5. The smallest absolute Gasteiger partial charge is 0.0917 e. The largest absolute Gasteiger partial charge is 0.387 e. The lowest BCUT2D eigenvalue weighted by Crippen LogP contribution is -2.39. The molecule has 0 aromatic heterocycles. The molecule has 1 atom stereocenters. The monoisotopic (exact) mass is 255 g/mol. The van der Waals surface area contributed by atoms with Crippen molar-refractivity contribution >= 4 is 11.6 Å². The van der Waals surface area contributed by atoms with Gasteiger partial charge in [0, 0.05) is 23.7 Å². The first-order chi connectivity index (χ1) is 7.91. The summed E-state index contributed by atoms with van der Waals surface area (Å²) < 4.78 is 0. The van der Waals surface area contributed by atoms with Crippen LogP contribution in [0.25, 0.3) is 0 Å². The van der Waals surface area contributed by atoms with E-state index in [0.717, 1.165) is 5.56 Å². The van der Waals surface area contributed by atoms with E-state index in [1.165, 1.54) is 0 Å². The standard InChI is InChI=1S/C14H22ClNO/c1-10(2)16(11(3)4)9-14(17)12-6-5-7-13(15)8-12/h5-8,10-11,14,17H,9H2,1-4H3/t14-/m0/s1. The fourth-order valence-corrected chi connectivity index (χ4v) is 2.24. The van der Waals surface area contributed by atoms with E-state index in [4.69, 9.17) is 11.6 Å². The van der Waals surface area contributed by atoms with Crippen molar-refractivity contribution in [2.45, 2.75) is 45.9 Å². The van der Waals surface area contributed by atoms with Crippen LogP contribution in [0.5, 0.6) is 0 Å². The van der Waals surface area contributed by atoms with Gasteiger partial charge in [0.2, 0.25) is 0 Å². The minimum absolute atomic E-state index is 0.420. The number of hydrogen-bond acceptors (Lipinski definition) is 2. The Balaban J connectivity index is 2.73. The molecule has 0 spiro atoms. The van der Waals surface area contributed by atoms with Gasteiger partial charge < -0.3 is 5.11 Å². The maximum Gasteiger partial charge on any atom is 0.0917 e. The molecule has 0 aliphatic heterocycles. The quantitative estimate of drug-likeness (QED) is 0.871. The van der Waals surface area contributed by atoms with E-state index >= 15 is 0 Å². The lowest BCUT2D eigenvalue weighted by Gasteiger charge is -2.32. The number of hydrogen-bond donors (Lipinski definition) is 1. The van der Waals surface area contributed by atoms with E-state index in [-0.39, 0.29) is 0 Å². The van der Waals surface area contributed by atoms with Crippen LogP contribution in [0.2, 0.25) is 5.02 Å². The van der Waals surface area contributed by atoms with Crippen LogP contribution >= 0.6 is 11.6 Å². The zero-order valence-electron chi connectivity index (χ0n) is 11.0. The molecule has 0 bridgehead atoms. The Bertz CT molecular complexity index is 344. The summed E-state index contributed by atoms with van der Waals surface area (Å²) in [6.07, 6.45) is -0.488. The molecule has 1 N–H and O–H groups in total. The van der Waals surface area contributed by atoms with Crippen LogP contribution in [0, 0.1) is 0 Å². The molecule has 0 saturated heterocycles. The summed E-state index contributed by atoms with van der Waals surface area (Å²) >= 11 is 5.93. The first kappa shape index (κ1) is 14.5. The molecule has 96 valence electrons. The highest BCUT2D eigenvalue weighted by molar-refractivity contribution is 6.30. The Morgan fingerprint density at radius 3 is 2.24 bits per heavy atom. The average molecular weight is 256 g/mol. The molecular weight excluding hydrogens is 234 g/mol. The van der Waals surface area contributed by atoms with Gasteiger partial charge in [0.05, 0.1) is 6.10 Å². The number of benzene rings is 1. The van der Waals surface area contributed by atoms with Crippen LogP contribution in [-0.4, -0.2) is 28.6 Å². The van der Waals surface area contributed by atoms with Crippen molar-refractivity contribution in [2.24, 2.45) is 0 Å². The third-order valence-electron chi connectivity index (χ3n) is 2.94. The van der Waals surface area contributed by atoms with Gasteiger partial charge in [-0.05, 0) is 45.4 Å². The van der Waals surface area contributed by atoms with Crippen molar-refractivity contribution in [3.8, 4) is 0 Å². The number of aliphatic hydroxyl groups excluding tert-OH is 1. The zero-order valence-corrected chi connectivity index (χ0v) is 11.8. The highest BCUT2D eigenvalue weighted by Crippen LogP contribution is 2.20. The molecule has 0 radical (unpaired) electrons. The lowest BCUT2D eigenvalue weighted by atomic mass is 10.1. The molecule has 0 heterocycles. The van der Waals surface area contributed by atoms with E-state index in [1.54, 1.807) is 0 Å². The van der Waals surface area contributed by atoms with Crippen LogP contribution in [0.3, 0.4) is 0 Å². The van der Waals surface area contributed by atoms with Gasteiger partial charge in [-0.2, -0.15) is 0 Å². The molecule has 1 aromatic rings. The summed E-state index contributed by atoms with van der Waals surface area (Å²) in [5, 5.41) is 10.9. The van der Waals surface area contributed by atoms with Crippen LogP contribution in [-0.2, 0) is 0 Å². The second kappa shape index (κ2) is 6.39. The van der Waals surface area contributed by atoms with Crippen molar-refractivity contribution in [1.29, 1.82) is 0 Å². The van der Waals surface area contributed by atoms with Crippen LogP contribution < -0.4 is 0 Å². The van der Waals surface area contributed by atoms with Crippen molar-refractivity contribution in [2.75, 3.05) is 6.54 Å². The Morgan fingerprint density at radius 1 is 1.18 bits per heavy atom. The number of aliphatic hydroxyl groups is 1. The van der Waals surface area contributed by atoms with E-state index in [9.17, 15) is 5.11 Å². The molecule has 17 heavy (non-hydrogen) atoms.